The Hall–Kier alpha value is -3.41. The number of para-hydroxylation sites is 1. The van der Waals surface area contributed by atoms with Gasteiger partial charge in [0.25, 0.3) is 11.5 Å². The fourth-order valence-electron chi connectivity index (χ4n) is 2.46. The quantitative estimate of drug-likeness (QED) is 0.568. The van der Waals surface area contributed by atoms with Gasteiger partial charge in [0.05, 0.1) is 24.4 Å². The Balaban J connectivity index is 1.77. The number of nitrogens with zero attached hydrogens (tertiary/aromatic N) is 1. The van der Waals surface area contributed by atoms with Gasteiger partial charge in [-0.25, -0.2) is 5.43 Å². The maximum Gasteiger partial charge on any atom is 0.271 e. The molecule has 0 bridgehead atoms. The van der Waals surface area contributed by atoms with Gasteiger partial charge in [-0.05, 0) is 48.2 Å². The monoisotopic (exact) mass is 335 g/mol. The van der Waals surface area contributed by atoms with E-state index in [1.807, 2.05) is 25.1 Å². The predicted molar refractivity (Wildman–Crippen MR) is 97.4 cm³/mol. The molecule has 0 aliphatic rings. The lowest BCUT2D eigenvalue weighted by molar-refractivity contribution is 0.0955. The lowest BCUT2D eigenvalue weighted by atomic mass is 10.1. The van der Waals surface area contributed by atoms with Crippen molar-refractivity contribution >= 4 is 23.0 Å². The van der Waals surface area contributed by atoms with Crippen LogP contribution >= 0.6 is 0 Å². The standard InChI is InChI=1S/C19H17N3O3/c1-12-4-3-5-14-10-15(18(23)21-17(12)14)11-20-22-19(24)13-6-8-16(25-2)9-7-13/h3-11H,1-2H3,(H,21,23)(H,22,24)/b20-11+. The minimum atomic E-state index is -0.369. The molecule has 1 aromatic heterocycles. The number of H-pyrrole nitrogens is 1. The van der Waals surface area contributed by atoms with Crippen LogP contribution in [0.25, 0.3) is 10.9 Å². The normalized spacial score (nSPS) is 11.0. The van der Waals surface area contributed by atoms with E-state index in [0.717, 1.165) is 16.5 Å². The van der Waals surface area contributed by atoms with Crippen LogP contribution < -0.4 is 15.7 Å². The first-order valence-electron chi connectivity index (χ1n) is 7.68. The van der Waals surface area contributed by atoms with Crippen LogP contribution in [0.4, 0.5) is 0 Å². The molecule has 2 N–H and O–H groups in total. The number of fused-ring (bicyclic) bond motifs is 1. The number of benzene rings is 2. The summed E-state index contributed by atoms with van der Waals surface area (Å²) in [4.78, 5) is 27.0. The Morgan fingerprint density at radius 2 is 1.96 bits per heavy atom. The highest BCUT2D eigenvalue weighted by Crippen LogP contribution is 2.14. The van der Waals surface area contributed by atoms with E-state index in [1.54, 1.807) is 37.4 Å². The van der Waals surface area contributed by atoms with Crippen LogP contribution in [0.15, 0.2) is 58.4 Å². The van der Waals surface area contributed by atoms with E-state index in [0.29, 0.717) is 16.9 Å². The van der Waals surface area contributed by atoms with Crippen molar-refractivity contribution in [3.05, 3.63) is 75.6 Å². The number of amides is 1. The van der Waals surface area contributed by atoms with Crippen molar-refractivity contribution in [3.8, 4) is 5.75 Å². The molecule has 0 aliphatic carbocycles. The van der Waals surface area contributed by atoms with E-state index in [9.17, 15) is 9.59 Å². The molecule has 6 heteroatoms. The van der Waals surface area contributed by atoms with Gasteiger partial charge in [-0.3, -0.25) is 9.59 Å². The fraction of sp³-hybridized carbons (Fsp3) is 0.105. The maximum atomic E-state index is 12.1. The van der Waals surface area contributed by atoms with Crippen molar-refractivity contribution < 1.29 is 9.53 Å². The van der Waals surface area contributed by atoms with Crippen LogP contribution in [0.5, 0.6) is 5.75 Å². The smallest absolute Gasteiger partial charge is 0.271 e. The van der Waals surface area contributed by atoms with Gasteiger partial charge in [0.2, 0.25) is 0 Å². The average molecular weight is 335 g/mol. The molecule has 0 saturated carbocycles. The number of ether oxygens (including phenoxy) is 1. The summed E-state index contributed by atoms with van der Waals surface area (Å²) in [6.45, 7) is 1.93. The van der Waals surface area contributed by atoms with Gasteiger partial charge >= 0.3 is 0 Å². The van der Waals surface area contributed by atoms with Gasteiger partial charge in [-0.1, -0.05) is 18.2 Å². The van der Waals surface area contributed by atoms with Crippen molar-refractivity contribution in [3.63, 3.8) is 0 Å². The first-order valence-corrected chi connectivity index (χ1v) is 7.68. The zero-order valence-electron chi connectivity index (χ0n) is 13.9. The molecule has 1 amide bonds. The van der Waals surface area contributed by atoms with Gasteiger partial charge in [-0.2, -0.15) is 5.10 Å². The second kappa shape index (κ2) is 7.00. The molecule has 0 unspecified atom stereocenters. The number of aromatic amines is 1. The second-order valence-corrected chi connectivity index (χ2v) is 5.52. The third-order valence-corrected chi connectivity index (χ3v) is 3.84. The molecule has 0 aliphatic heterocycles. The SMILES string of the molecule is COc1ccc(C(=O)N/N=C/c2cc3cccc(C)c3[nH]c2=O)cc1. The first-order chi connectivity index (χ1) is 12.1. The maximum absolute atomic E-state index is 12.1. The Morgan fingerprint density at radius 3 is 2.68 bits per heavy atom. The molecule has 0 spiro atoms. The molecule has 1 heterocycles. The summed E-state index contributed by atoms with van der Waals surface area (Å²) < 4.78 is 5.05. The largest absolute Gasteiger partial charge is 0.497 e. The number of aromatic nitrogens is 1. The first kappa shape index (κ1) is 16.4. The topological polar surface area (TPSA) is 83.5 Å². The summed E-state index contributed by atoms with van der Waals surface area (Å²) in [5, 5.41) is 4.78. The third-order valence-electron chi connectivity index (χ3n) is 3.84. The lowest BCUT2D eigenvalue weighted by Crippen LogP contribution is -2.19. The Morgan fingerprint density at radius 1 is 1.20 bits per heavy atom. The molecular weight excluding hydrogens is 318 g/mol. The summed E-state index contributed by atoms with van der Waals surface area (Å²) in [5.74, 6) is 0.296. The fourth-order valence-corrected chi connectivity index (χ4v) is 2.46. The molecule has 25 heavy (non-hydrogen) atoms. The molecule has 0 fully saturated rings. The van der Waals surface area contributed by atoms with E-state index in [2.05, 4.69) is 15.5 Å². The van der Waals surface area contributed by atoms with Crippen LogP contribution in [0.1, 0.15) is 21.5 Å². The lowest BCUT2D eigenvalue weighted by Gasteiger charge is -2.03. The number of pyridine rings is 1. The number of nitrogens with one attached hydrogen (secondary N) is 2. The van der Waals surface area contributed by atoms with E-state index in [1.165, 1.54) is 6.21 Å². The predicted octanol–water partition coefficient (Wildman–Crippen LogP) is 2.61. The summed E-state index contributed by atoms with van der Waals surface area (Å²) >= 11 is 0. The van der Waals surface area contributed by atoms with Crippen molar-refractivity contribution in [1.29, 1.82) is 0 Å². The minimum Gasteiger partial charge on any atom is -0.497 e. The van der Waals surface area contributed by atoms with Gasteiger partial charge in [0.15, 0.2) is 0 Å². The van der Waals surface area contributed by atoms with E-state index < -0.39 is 0 Å². The van der Waals surface area contributed by atoms with Crippen molar-refractivity contribution in [2.24, 2.45) is 5.10 Å². The van der Waals surface area contributed by atoms with Crippen LogP contribution in [0.2, 0.25) is 0 Å². The number of carbonyl (C=O) groups is 1. The third kappa shape index (κ3) is 3.58. The highest BCUT2D eigenvalue weighted by atomic mass is 16.5. The van der Waals surface area contributed by atoms with Crippen LogP contribution in [0, 0.1) is 6.92 Å². The van der Waals surface area contributed by atoms with Crippen molar-refractivity contribution in [2.75, 3.05) is 7.11 Å². The number of rotatable bonds is 4. The Bertz CT molecular complexity index is 1000. The summed E-state index contributed by atoms with van der Waals surface area (Å²) in [6.07, 6.45) is 1.34. The highest BCUT2D eigenvalue weighted by Gasteiger charge is 2.05. The summed E-state index contributed by atoms with van der Waals surface area (Å²) in [6, 6.07) is 14.1. The Kier molecular flexibility index (Phi) is 4.61. The molecule has 0 radical (unpaired) electrons. The van der Waals surface area contributed by atoms with Gasteiger partial charge in [-0.15, -0.1) is 0 Å². The molecule has 0 saturated heterocycles. The molecule has 3 rings (SSSR count). The second-order valence-electron chi connectivity index (χ2n) is 5.52. The van der Waals surface area contributed by atoms with Crippen molar-refractivity contribution in [1.82, 2.24) is 10.4 Å². The molecule has 2 aromatic carbocycles. The van der Waals surface area contributed by atoms with E-state index in [-0.39, 0.29) is 11.5 Å². The van der Waals surface area contributed by atoms with Gasteiger partial charge in [0.1, 0.15) is 5.75 Å². The van der Waals surface area contributed by atoms with Gasteiger partial charge < -0.3 is 9.72 Å². The van der Waals surface area contributed by atoms with E-state index >= 15 is 0 Å². The van der Waals surface area contributed by atoms with Crippen LogP contribution in [-0.2, 0) is 0 Å². The Labute approximate surface area is 144 Å². The van der Waals surface area contributed by atoms with Crippen LogP contribution in [0.3, 0.4) is 0 Å². The molecule has 3 aromatic rings. The number of methoxy groups -OCH3 is 1. The zero-order chi connectivity index (χ0) is 17.8. The molecular formula is C19H17N3O3. The molecule has 126 valence electrons. The summed E-state index contributed by atoms with van der Waals surface area (Å²) in [5.41, 5.74) is 4.75. The average Bonchev–Trinajstić information content (AvgIpc) is 2.63. The molecule has 6 nitrogen and oxygen atoms in total. The number of carbonyl (C=O) groups excluding carboxylic acids is 1. The number of hydrogen-bond donors (Lipinski definition) is 2. The number of aryl methyl sites for hydroxylation is 1. The zero-order valence-corrected chi connectivity index (χ0v) is 13.9. The minimum absolute atomic E-state index is 0.260. The summed E-state index contributed by atoms with van der Waals surface area (Å²) in [7, 11) is 1.56. The van der Waals surface area contributed by atoms with E-state index in [4.69, 9.17) is 4.74 Å². The van der Waals surface area contributed by atoms with Gasteiger partial charge in [0, 0.05) is 5.56 Å². The number of hydrazone groups is 1. The van der Waals surface area contributed by atoms with Crippen molar-refractivity contribution in [2.45, 2.75) is 6.92 Å². The van der Waals surface area contributed by atoms with Crippen LogP contribution in [-0.4, -0.2) is 24.2 Å². The number of hydrogen-bond acceptors (Lipinski definition) is 4. The highest BCUT2D eigenvalue weighted by molar-refractivity contribution is 5.95. The molecule has 0 atom stereocenters.